The molecule has 0 aliphatic heterocycles. The average molecular weight is 308 g/mol. The van der Waals surface area contributed by atoms with Gasteiger partial charge in [0.15, 0.2) is 11.4 Å². The fourth-order valence-corrected chi connectivity index (χ4v) is 2.34. The largest absolute Gasteiger partial charge is 0.505 e. The van der Waals surface area contributed by atoms with Crippen molar-refractivity contribution in [1.82, 2.24) is 15.0 Å². The first-order chi connectivity index (χ1) is 9.59. The van der Waals surface area contributed by atoms with Crippen molar-refractivity contribution >= 4 is 34.4 Å². The van der Waals surface area contributed by atoms with E-state index in [0.717, 1.165) is 0 Å². The number of aromatic amines is 1. The summed E-state index contributed by atoms with van der Waals surface area (Å²) in [7, 11) is 0. The molecule has 0 amide bonds. The zero-order valence-electron chi connectivity index (χ0n) is 9.89. The van der Waals surface area contributed by atoms with Crippen molar-refractivity contribution in [3.63, 3.8) is 0 Å². The van der Waals surface area contributed by atoms with Crippen LogP contribution in [0.2, 0.25) is 10.0 Å². The van der Waals surface area contributed by atoms with E-state index in [-0.39, 0.29) is 27.5 Å². The predicted octanol–water partition coefficient (Wildman–Crippen LogP) is 3.00. The lowest BCUT2D eigenvalue weighted by molar-refractivity contribution is 0.481. The molecule has 20 heavy (non-hydrogen) atoms. The number of hydrogen-bond acceptors (Lipinski definition) is 4. The molecule has 0 radical (unpaired) electrons. The molecule has 2 N–H and O–H groups in total. The molecule has 5 nitrogen and oxygen atoms in total. The average Bonchev–Trinajstić information content (AvgIpc) is 2.43. The van der Waals surface area contributed by atoms with Crippen LogP contribution < -0.4 is 5.56 Å². The summed E-state index contributed by atoms with van der Waals surface area (Å²) in [6.45, 7) is 0. The summed E-state index contributed by atoms with van der Waals surface area (Å²) in [5, 5.41) is 10.8. The Labute approximate surface area is 122 Å². The van der Waals surface area contributed by atoms with Crippen molar-refractivity contribution < 1.29 is 5.11 Å². The lowest BCUT2D eigenvalue weighted by Gasteiger charge is -2.08. The highest BCUT2D eigenvalue weighted by atomic mass is 35.5. The number of H-pyrrole nitrogens is 1. The van der Waals surface area contributed by atoms with Crippen LogP contribution in [0.15, 0.2) is 35.4 Å². The van der Waals surface area contributed by atoms with Crippen LogP contribution in [0, 0.1) is 0 Å². The first kappa shape index (κ1) is 12.9. The standard InChI is InChI=1S/C13H7Cl2N3O2/c14-7-3-1-2-6(9(7)15)8-11(19)10-12(18-13(8)20)17-5-4-16-10/h1-5H,(H2,17,18,19,20). The van der Waals surface area contributed by atoms with Gasteiger partial charge in [-0.15, -0.1) is 0 Å². The zero-order chi connectivity index (χ0) is 14.3. The lowest BCUT2D eigenvalue weighted by atomic mass is 10.1. The van der Waals surface area contributed by atoms with E-state index in [4.69, 9.17) is 23.2 Å². The van der Waals surface area contributed by atoms with Gasteiger partial charge >= 0.3 is 0 Å². The number of nitrogens with one attached hydrogen (secondary N) is 1. The molecule has 0 fully saturated rings. The lowest BCUT2D eigenvalue weighted by Crippen LogP contribution is -2.10. The minimum absolute atomic E-state index is 0.0190. The summed E-state index contributed by atoms with van der Waals surface area (Å²) in [5.41, 5.74) is 0.241. The summed E-state index contributed by atoms with van der Waals surface area (Å²) < 4.78 is 0. The summed E-state index contributed by atoms with van der Waals surface area (Å²) in [5.74, 6) is -0.277. The van der Waals surface area contributed by atoms with Gasteiger partial charge in [-0.3, -0.25) is 4.79 Å². The number of halogens is 2. The van der Waals surface area contributed by atoms with Crippen LogP contribution in [0.5, 0.6) is 5.75 Å². The van der Waals surface area contributed by atoms with Gasteiger partial charge in [0.2, 0.25) is 0 Å². The van der Waals surface area contributed by atoms with Gasteiger partial charge in [0.25, 0.3) is 5.56 Å². The molecule has 0 unspecified atom stereocenters. The number of aromatic hydroxyl groups is 1. The fourth-order valence-electron chi connectivity index (χ4n) is 1.95. The van der Waals surface area contributed by atoms with Gasteiger partial charge in [0.1, 0.15) is 5.52 Å². The Morgan fingerprint density at radius 2 is 1.90 bits per heavy atom. The number of pyridine rings is 1. The number of hydrogen-bond donors (Lipinski definition) is 2. The SMILES string of the molecule is O=c1[nH]c2nccnc2c(O)c1-c1cccc(Cl)c1Cl. The number of fused-ring (bicyclic) bond motifs is 1. The Morgan fingerprint density at radius 1 is 1.15 bits per heavy atom. The van der Waals surface area contributed by atoms with Crippen molar-refractivity contribution in [2.45, 2.75) is 0 Å². The zero-order valence-corrected chi connectivity index (χ0v) is 11.4. The molecule has 100 valence electrons. The van der Waals surface area contributed by atoms with E-state index in [1.165, 1.54) is 12.4 Å². The van der Waals surface area contributed by atoms with Crippen LogP contribution in [0.3, 0.4) is 0 Å². The molecule has 0 atom stereocenters. The molecule has 2 aromatic heterocycles. The van der Waals surface area contributed by atoms with Crippen LogP contribution in [0.25, 0.3) is 22.3 Å². The normalized spacial score (nSPS) is 10.9. The number of rotatable bonds is 1. The van der Waals surface area contributed by atoms with Crippen molar-refractivity contribution in [3.05, 3.63) is 51.0 Å². The van der Waals surface area contributed by atoms with Gasteiger partial charge in [-0.1, -0.05) is 35.3 Å². The molecule has 1 aromatic carbocycles. The highest BCUT2D eigenvalue weighted by Crippen LogP contribution is 2.37. The Morgan fingerprint density at radius 3 is 2.70 bits per heavy atom. The molecule has 0 aliphatic carbocycles. The quantitative estimate of drug-likeness (QED) is 0.724. The number of nitrogens with zero attached hydrogens (tertiary/aromatic N) is 2. The molecule has 7 heteroatoms. The minimum Gasteiger partial charge on any atom is -0.505 e. The third-order valence-corrected chi connectivity index (χ3v) is 3.66. The third kappa shape index (κ3) is 1.92. The molecule has 0 bridgehead atoms. The van der Waals surface area contributed by atoms with E-state index < -0.39 is 5.56 Å². The highest BCUT2D eigenvalue weighted by molar-refractivity contribution is 6.43. The topological polar surface area (TPSA) is 78.9 Å². The molecule has 0 saturated carbocycles. The first-order valence-electron chi connectivity index (χ1n) is 5.60. The maximum absolute atomic E-state index is 12.1. The van der Waals surface area contributed by atoms with Crippen molar-refractivity contribution in [2.75, 3.05) is 0 Å². The maximum Gasteiger partial charge on any atom is 0.261 e. The van der Waals surface area contributed by atoms with E-state index in [9.17, 15) is 9.90 Å². The predicted molar refractivity (Wildman–Crippen MR) is 77.3 cm³/mol. The summed E-state index contributed by atoms with van der Waals surface area (Å²) in [6.07, 6.45) is 2.84. The second kappa shape index (κ2) is 4.77. The number of benzene rings is 1. The second-order valence-electron chi connectivity index (χ2n) is 4.03. The molecule has 3 aromatic rings. The van der Waals surface area contributed by atoms with E-state index in [2.05, 4.69) is 15.0 Å². The van der Waals surface area contributed by atoms with Crippen LogP contribution in [0.4, 0.5) is 0 Å². The monoisotopic (exact) mass is 307 g/mol. The Bertz CT molecular complexity index is 877. The molecule has 0 aliphatic rings. The van der Waals surface area contributed by atoms with Gasteiger partial charge in [-0.25, -0.2) is 9.97 Å². The highest BCUT2D eigenvalue weighted by Gasteiger charge is 2.18. The summed E-state index contributed by atoms with van der Waals surface area (Å²) >= 11 is 12.0. The summed E-state index contributed by atoms with van der Waals surface area (Å²) in [6, 6.07) is 4.84. The van der Waals surface area contributed by atoms with Gasteiger partial charge < -0.3 is 10.1 Å². The Balaban J connectivity index is 2.43. The van der Waals surface area contributed by atoms with Gasteiger partial charge in [0.05, 0.1) is 15.6 Å². The second-order valence-corrected chi connectivity index (χ2v) is 4.82. The third-order valence-electron chi connectivity index (χ3n) is 2.84. The van der Waals surface area contributed by atoms with Crippen molar-refractivity contribution in [3.8, 4) is 16.9 Å². The summed E-state index contributed by atoms with van der Waals surface area (Å²) in [4.78, 5) is 22.6. The molecule has 0 saturated heterocycles. The molecule has 2 heterocycles. The smallest absolute Gasteiger partial charge is 0.261 e. The minimum atomic E-state index is -0.514. The van der Waals surface area contributed by atoms with E-state index in [0.29, 0.717) is 10.6 Å². The van der Waals surface area contributed by atoms with Gasteiger partial charge in [-0.05, 0) is 6.07 Å². The van der Waals surface area contributed by atoms with Gasteiger partial charge in [-0.2, -0.15) is 0 Å². The van der Waals surface area contributed by atoms with E-state index in [1.54, 1.807) is 18.2 Å². The van der Waals surface area contributed by atoms with Crippen LogP contribution in [0.1, 0.15) is 0 Å². The Hall–Kier alpha value is -2.11. The van der Waals surface area contributed by atoms with E-state index >= 15 is 0 Å². The first-order valence-corrected chi connectivity index (χ1v) is 6.35. The van der Waals surface area contributed by atoms with Crippen molar-refractivity contribution in [1.29, 1.82) is 0 Å². The number of aromatic nitrogens is 3. The molecule has 3 rings (SSSR count). The van der Waals surface area contributed by atoms with Crippen LogP contribution >= 0.6 is 23.2 Å². The van der Waals surface area contributed by atoms with E-state index in [1.807, 2.05) is 0 Å². The maximum atomic E-state index is 12.1. The Kier molecular flexibility index (Phi) is 3.08. The van der Waals surface area contributed by atoms with Gasteiger partial charge in [0, 0.05) is 18.0 Å². The van der Waals surface area contributed by atoms with Crippen LogP contribution in [-0.4, -0.2) is 20.1 Å². The van der Waals surface area contributed by atoms with Crippen molar-refractivity contribution in [2.24, 2.45) is 0 Å². The van der Waals surface area contributed by atoms with Crippen LogP contribution in [-0.2, 0) is 0 Å². The molecule has 0 spiro atoms. The fraction of sp³-hybridized carbons (Fsp3) is 0. The molecular weight excluding hydrogens is 301 g/mol. The molecular formula is C13H7Cl2N3O2.